The largest absolute Gasteiger partial charge is 0.497 e. The van der Waals surface area contributed by atoms with Crippen molar-refractivity contribution in [3.63, 3.8) is 0 Å². The van der Waals surface area contributed by atoms with Gasteiger partial charge < -0.3 is 14.8 Å². The summed E-state index contributed by atoms with van der Waals surface area (Å²) in [5, 5.41) is 7.63. The van der Waals surface area contributed by atoms with Gasteiger partial charge in [-0.3, -0.25) is 14.5 Å². The Balaban J connectivity index is 1.53. The molecule has 2 amide bonds. The number of aromatic nitrogens is 2. The SMILES string of the molecule is COc1ccc(OC)c([C@H]2SCC(=O)N(CC(=O)NCc3ccc(F)cc3)c3c2c(-c2ccccc2)nn3-c2ccc(C)cc2)c1. The van der Waals surface area contributed by atoms with E-state index in [9.17, 15) is 14.0 Å². The molecular formula is C36H33FN4O4S. The summed E-state index contributed by atoms with van der Waals surface area (Å²) in [6.45, 7) is 1.96. The minimum absolute atomic E-state index is 0.104. The van der Waals surface area contributed by atoms with Crippen LogP contribution in [-0.4, -0.2) is 48.1 Å². The van der Waals surface area contributed by atoms with E-state index in [4.69, 9.17) is 14.6 Å². The zero-order valence-corrected chi connectivity index (χ0v) is 26.5. The van der Waals surface area contributed by atoms with Gasteiger partial charge in [0.1, 0.15) is 29.7 Å². The molecule has 0 bridgehead atoms. The molecule has 0 saturated heterocycles. The maximum atomic E-state index is 14.0. The zero-order chi connectivity index (χ0) is 32.2. The molecule has 8 nitrogen and oxygen atoms in total. The van der Waals surface area contributed by atoms with Gasteiger partial charge in [-0.15, -0.1) is 11.8 Å². The van der Waals surface area contributed by atoms with E-state index < -0.39 is 5.25 Å². The van der Waals surface area contributed by atoms with Gasteiger partial charge in [0, 0.05) is 23.2 Å². The molecule has 1 aliphatic rings. The third-order valence-corrected chi connectivity index (χ3v) is 9.08. The van der Waals surface area contributed by atoms with Crippen LogP contribution in [-0.2, 0) is 16.1 Å². The topological polar surface area (TPSA) is 85.7 Å². The van der Waals surface area contributed by atoms with E-state index in [2.05, 4.69) is 5.32 Å². The average molecular weight is 637 g/mol. The van der Waals surface area contributed by atoms with Gasteiger partial charge in [0.15, 0.2) is 0 Å². The Morgan fingerprint density at radius 3 is 2.41 bits per heavy atom. The number of carbonyl (C=O) groups excluding carboxylic acids is 2. The van der Waals surface area contributed by atoms with E-state index in [1.54, 1.807) is 31.0 Å². The number of nitrogens with zero attached hydrogens (tertiary/aromatic N) is 3. The third-order valence-electron chi connectivity index (χ3n) is 7.84. The number of benzene rings is 4. The number of hydrogen-bond acceptors (Lipinski definition) is 6. The van der Waals surface area contributed by atoms with Crippen molar-refractivity contribution in [2.45, 2.75) is 18.7 Å². The van der Waals surface area contributed by atoms with E-state index in [1.165, 1.54) is 28.8 Å². The predicted octanol–water partition coefficient (Wildman–Crippen LogP) is 6.49. The summed E-state index contributed by atoms with van der Waals surface area (Å²) in [7, 11) is 3.22. The molecule has 0 aliphatic carbocycles. The smallest absolute Gasteiger partial charge is 0.240 e. The Hall–Kier alpha value is -5.09. The van der Waals surface area contributed by atoms with Crippen LogP contribution < -0.4 is 19.7 Å². The fourth-order valence-electron chi connectivity index (χ4n) is 5.49. The van der Waals surface area contributed by atoms with Crippen LogP contribution in [0, 0.1) is 12.7 Å². The molecule has 1 aromatic heterocycles. The summed E-state index contributed by atoms with van der Waals surface area (Å²) in [6, 6.07) is 29.2. The number of thioether (sulfide) groups is 1. The van der Waals surface area contributed by atoms with E-state index in [1.807, 2.05) is 79.7 Å². The molecular weight excluding hydrogens is 603 g/mol. The number of halogens is 1. The fourth-order valence-corrected chi connectivity index (χ4v) is 6.70. The average Bonchev–Trinajstić information content (AvgIpc) is 3.41. The quantitative estimate of drug-likeness (QED) is 0.199. The van der Waals surface area contributed by atoms with Crippen LogP contribution >= 0.6 is 11.8 Å². The first-order chi connectivity index (χ1) is 22.4. The second-order valence-corrected chi connectivity index (χ2v) is 12.0. The molecule has 1 N–H and O–H groups in total. The Morgan fingerprint density at radius 2 is 1.72 bits per heavy atom. The second kappa shape index (κ2) is 13.5. The summed E-state index contributed by atoms with van der Waals surface area (Å²) < 4.78 is 26.6. The second-order valence-electron chi connectivity index (χ2n) is 10.9. The van der Waals surface area contributed by atoms with Crippen LogP contribution in [0.15, 0.2) is 97.1 Å². The minimum atomic E-state index is -0.398. The minimum Gasteiger partial charge on any atom is -0.497 e. The van der Waals surface area contributed by atoms with Crippen molar-refractivity contribution in [1.82, 2.24) is 15.1 Å². The highest BCUT2D eigenvalue weighted by atomic mass is 32.2. The number of ether oxygens (including phenoxy) is 2. The predicted molar refractivity (Wildman–Crippen MR) is 178 cm³/mol. The first-order valence-corrected chi connectivity index (χ1v) is 15.8. The summed E-state index contributed by atoms with van der Waals surface area (Å²) in [4.78, 5) is 29.0. The number of anilines is 1. The molecule has 6 rings (SSSR count). The highest BCUT2D eigenvalue weighted by Crippen LogP contribution is 2.51. The van der Waals surface area contributed by atoms with Crippen LogP contribution in [0.25, 0.3) is 16.9 Å². The Labute approximate surface area is 271 Å². The molecule has 2 heterocycles. The first-order valence-electron chi connectivity index (χ1n) is 14.8. The van der Waals surface area contributed by atoms with Crippen molar-refractivity contribution in [1.29, 1.82) is 0 Å². The highest BCUT2D eigenvalue weighted by molar-refractivity contribution is 8.00. The molecule has 10 heteroatoms. The number of methoxy groups -OCH3 is 2. The summed E-state index contributed by atoms with van der Waals surface area (Å²) >= 11 is 1.45. The highest BCUT2D eigenvalue weighted by Gasteiger charge is 2.38. The molecule has 234 valence electrons. The van der Waals surface area contributed by atoms with Gasteiger partial charge in [-0.05, 0) is 55.0 Å². The Kier molecular flexibility index (Phi) is 9.07. The van der Waals surface area contributed by atoms with Gasteiger partial charge >= 0.3 is 0 Å². The first kappa shape index (κ1) is 30.9. The molecule has 1 atom stereocenters. The van der Waals surface area contributed by atoms with Crippen LogP contribution in [0.2, 0.25) is 0 Å². The van der Waals surface area contributed by atoms with Crippen LogP contribution in [0.3, 0.4) is 0 Å². The van der Waals surface area contributed by atoms with E-state index in [0.29, 0.717) is 23.0 Å². The van der Waals surface area contributed by atoms with Gasteiger partial charge in [-0.1, -0.05) is 60.2 Å². The van der Waals surface area contributed by atoms with E-state index >= 15 is 0 Å². The Morgan fingerprint density at radius 1 is 0.978 bits per heavy atom. The standard InChI is InChI=1S/C36H33FN4O4S/c1-23-9-15-27(16-10-23)41-36-33(34(39-41)25-7-5-4-6-8-25)35(29-19-28(44-2)17-18-30(29)45-3)46-22-32(43)40(36)21-31(42)38-20-24-11-13-26(37)14-12-24/h4-19,35H,20-22H2,1-3H3,(H,38,42)/t35-/m1/s1. The van der Waals surface area contributed by atoms with Gasteiger partial charge in [-0.25, -0.2) is 9.07 Å². The van der Waals surface area contributed by atoms with Gasteiger partial charge in [0.25, 0.3) is 0 Å². The maximum Gasteiger partial charge on any atom is 0.240 e. The molecule has 0 radical (unpaired) electrons. The number of rotatable bonds is 9. The lowest BCUT2D eigenvalue weighted by Gasteiger charge is -2.24. The number of amides is 2. The summed E-state index contributed by atoms with van der Waals surface area (Å²) in [5.41, 5.74) is 5.72. The van der Waals surface area contributed by atoms with Crippen LogP contribution in [0.4, 0.5) is 10.2 Å². The lowest BCUT2D eigenvalue weighted by atomic mass is 9.98. The lowest BCUT2D eigenvalue weighted by molar-refractivity contribution is -0.123. The molecule has 5 aromatic rings. The van der Waals surface area contributed by atoms with Gasteiger partial charge in [0.05, 0.1) is 36.6 Å². The number of carbonyl (C=O) groups is 2. The summed E-state index contributed by atoms with van der Waals surface area (Å²) in [5.74, 6) is 0.958. The van der Waals surface area contributed by atoms with Crippen molar-refractivity contribution >= 4 is 29.4 Å². The number of fused-ring (bicyclic) bond motifs is 1. The number of aryl methyl sites for hydroxylation is 1. The van der Waals surface area contributed by atoms with Crippen LogP contribution in [0.5, 0.6) is 11.5 Å². The lowest BCUT2D eigenvalue weighted by Crippen LogP contribution is -2.42. The fraction of sp³-hybridized carbons (Fsp3) is 0.194. The van der Waals surface area contributed by atoms with Gasteiger partial charge in [-0.2, -0.15) is 5.10 Å². The van der Waals surface area contributed by atoms with Crippen molar-refractivity contribution in [2.75, 3.05) is 31.4 Å². The molecule has 0 spiro atoms. The normalized spacial score (nSPS) is 14.4. The number of nitrogens with one attached hydrogen (secondary N) is 1. The van der Waals surface area contributed by atoms with Crippen LogP contribution in [0.1, 0.15) is 27.5 Å². The van der Waals surface area contributed by atoms with Gasteiger partial charge in [0.2, 0.25) is 11.8 Å². The number of hydrogen-bond donors (Lipinski definition) is 1. The molecule has 1 aliphatic heterocycles. The van der Waals surface area contributed by atoms with E-state index in [0.717, 1.165) is 33.5 Å². The Bertz CT molecular complexity index is 1860. The maximum absolute atomic E-state index is 14.0. The molecule has 46 heavy (non-hydrogen) atoms. The van der Waals surface area contributed by atoms with Crippen molar-refractivity contribution < 1.29 is 23.5 Å². The van der Waals surface area contributed by atoms with E-state index in [-0.39, 0.29) is 36.5 Å². The third kappa shape index (κ3) is 6.34. The molecule has 0 unspecified atom stereocenters. The van der Waals surface area contributed by atoms with Crippen molar-refractivity contribution in [2.24, 2.45) is 0 Å². The summed E-state index contributed by atoms with van der Waals surface area (Å²) in [6.07, 6.45) is 0. The van der Waals surface area contributed by atoms with Crippen molar-refractivity contribution in [3.8, 4) is 28.4 Å². The van der Waals surface area contributed by atoms with Crippen molar-refractivity contribution in [3.05, 3.63) is 125 Å². The zero-order valence-electron chi connectivity index (χ0n) is 25.7. The molecule has 0 saturated carbocycles. The molecule has 0 fully saturated rings. The monoisotopic (exact) mass is 636 g/mol. The molecule has 4 aromatic carbocycles.